The van der Waals surface area contributed by atoms with Gasteiger partial charge in [0.05, 0.1) is 5.69 Å². The lowest BCUT2D eigenvalue weighted by atomic mass is 10.2. The smallest absolute Gasteiger partial charge is 0.213 e. The number of rotatable bonds is 2. The number of aryl methyl sites for hydroxylation is 1. The van der Waals surface area contributed by atoms with Crippen molar-refractivity contribution < 1.29 is 0 Å². The lowest BCUT2D eigenvalue weighted by Crippen LogP contribution is -2.31. The monoisotopic (exact) mass is 228 g/mol. The molecule has 0 aliphatic heterocycles. The maximum atomic E-state index is 5.61. The van der Waals surface area contributed by atoms with Gasteiger partial charge in [0.15, 0.2) is 0 Å². The molecule has 0 saturated heterocycles. The Labute approximate surface area is 96.6 Å². The normalized spacial score (nSPS) is 10.5. The van der Waals surface area contributed by atoms with Crippen LogP contribution in [0.2, 0.25) is 0 Å². The molecule has 3 N–H and O–H groups in total. The molecule has 0 saturated carbocycles. The standard InChI is InChI=1S/C10H16N4.ClH/c1-8-4-6-9(7-5-8)12-13-10(11)14(2)3;/h4-7,12H,1-3H3,(H2,11,13);1H. The molecule has 0 aliphatic rings. The van der Waals surface area contributed by atoms with Crippen LogP contribution in [0.15, 0.2) is 29.4 Å². The molecule has 15 heavy (non-hydrogen) atoms. The van der Waals surface area contributed by atoms with Crippen LogP contribution in [-0.2, 0) is 0 Å². The highest BCUT2D eigenvalue weighted by Gasteiger charge is 1.93. The zero-order valence-electron chi connectivity index (χ0n) is 9.19. The molecule has 0 amide bonds. The fraction of sp³-hybridized carbons (Fsp3) is 0.300. The quantitative estimate of drug-likeness (QED) is 0.460. The van der Waals surface area contributed by atoms with Crippen LogP contribution in [0.1, 0.15) is 5.56 Å². The van der Waals surface area contributed by atoms with E-state index in [2.05, 4.69) is 10.5 Å². The van der Waals surface area contributed by atoms with Crippen LogP contribution in [-0.4, -0.2) is 25.0 Å². The molecule has 1 aromatic rings. The Kier molecular flexibility index (Phi) is 5.56. The maximum Gasteiger partial charge on any atom is 0.213 e. The fourth-order valence-corrected chi connectivity index (χ4v) is 0.850. The zero-order chi connectivity index (χ0) is 10.6. The largest absolute Gasteiger partial charge is 0.368 e. The fourth-order valence-electron chi connectivity index (χ4n) is 0.850. The number of hydrogen-bond acceptors (Lipinski definition) is 2. The highest BCUT2D eigenvalue weighted by atomic mass is 35.5. The van der Waals surface area contributed by atoms with Gasteiger partial charge in [0.25, 0.3) is 0 Å². The van der Waals surface area contributed by atoms with Gasteiger partial charge in [-0.25, -0.2) is 0 Å². The Morgan fingerprint density at radius 1 is 1.27 bits per heavy atom. The molecule has 0 aliphatic carbocycles. The second kappa shape index (κ2) is 6.14. The molecular formula is C10H17ClN4. The van der Waals surface area contributed by atoms with Gasteiger partial charge >= 0.3 is 0 Å². The topological polar surface area (TPSA) is 53.6 Å². The van der Waals surface area contributed by atoms with E-state index in [-0.39, 0.29) is 12.4 Å². The number of halogens is 1. The summed E-state index contributed by atoms with van der Waals surface area (Å²) >= 11 is 0. The summed E-state index contributed by atoms with van der Waals surface area (Å²) in [6.45, 7) is 2.04. The molecule has 0 aromatic heterocycles. The van der Waals surface area contributed by atoms with Gasteiger partial charge in [-0.3, -0.25) is 5.43 Å². The van der Waals surface area contributed by atoms with Gasteiger partial charge in [-0.15, -0.1) is 17.5 Å². The average Bonchev–Trinajstić information content (AvgIpc) is 2.16. The number of guanidine groups is 1. The Hall–Kier alpha value is -1.42. The number of nitrogens with one attached hydrogen (secondary N) is 1. The molecule has 0 fully saturated rings. The SMILES string of the molecule is Cc1ccc(N/N=C(\N)N(C)C)cc1.Cl. The molecule has 0 spiro atoms. The molecular weight excluding hydrogens is 212 g/mol. The molecule has 5 heteroatoms. The Balaban J connectivity index is 0.00000196. The molecule has 1 rings (SSSR count). The van der Waals surface area contributed by atoms with Crippen molar-refractivity contribution in [3.63, 3.8) is 0 Å². The van der Waals surface area contributed by atoms with E-state index in [0.29, 0.717) is 5.96 Å². The second-order valence-corrected chi connectivity index (χ2v) is 3.34. The van der Waals surface area contributed by atoms with Gasteiger partial charge < -0.3 is 10.6 Å². The number of anilines is 1. The molecule has 4 nitrogen and oxygen atoms in total. The van der Waals surface area contributed by atoms with Gasteiger partial charge in [0, 0.05) is 14.1 Å². The predicted molar refractivity (Wildman–Crippen MR) is 67.4 cm³/mol. The first-order valence-corrected chi connectivity index (χ1v) is 4.43. The van der Waals surface area contributed by atoms with Crippen molar-refractivity contribution in [3.05, 3.63) is 29.8 Å². The molecule has 1 aromatic carbocycles. The molecule has 0 unspecified atom stereocenters. The highest BCUT2D eigenvalue weighted by molar-refractivity contribution is 5.85. The number of benzene rings is 1. The minimum atomic E-state index is 0. The van der Waals surface area contributed by atoms with Crippen molar-refractivity contribution >= 4 is 24.1 Å². The van der Waals surface area contributed by atoms with E-state index in [1.807, 2.05) is 45.3 Å². The van der Waals surface area contributed by atoms with E-state index >= 15 is 0 Å². The molecule has 0 radical (unpaired) electrons. The van der Waals surface area contributed by atoms with E-state index in [1.165, 1.54) is 5.56 Å². The van der Waals surface area contributed by atoms with Crippen LogP contribution in [0, 0.1) is 6.92 Å². The van der Waals surface area contributed by atoms with Crippen molar-refractivity contribution in [2.24, 2.45) is 10.8 Å². The minimum absolute atomic E-state index is 0. The summed E-state index contributed by atoms with van der Waals surface area (Å²) in [7, 11) is 3.69. The minimum Gasteiger partial charge on any atom is -0.368 e. The van der Waals surface area contributed by atoms with Crippen LogP contribution in [0.3, 0.4) is 0 Å². The molecule has 0 bridgehead atoms. The Bertz CT molecular complexity index is 319. The summed E-state index contributed by atoms with van der Waals surface area (Å²) < 4.78 is 0. The van der Waals surface area contributed by atoms with Crippen LogP contribution in [0.4, 0.5) is 5.69 Å². The summed E-state index contributed by atoms with van der Waals surface area (Å²) in [6, 6.07) is 7.96. The number of nitrogens with zero attached hydrogens (tertiary/aromatic N) is 2. The first-order chi connectivity index (χ1) is 6.59. The third-order valence-electron chi connectivity index (χ3n) is 1.81. The molecule has 84 valence electrons. The van der Waals surface area contributed by atoms with E-state index in [1.54, 1.807) is 4.90 Å². The Morgan fingerprint density at radius 2 is 1.80 bits per heavy atom. The summed E-state index contributed by atoms with van der Waals surface area (Å²) in [5.41, 5.74) is 10.6. The summed E-state index contributed by atoms with van der Waals surface area (Å²) in [5, 5.41) is 3.99. The Morgan fingerprint density at radius 3 is 2.27 bits per heavy atom. The van der Waals surface area contributed by atoms with Gasteiger partial charge in [0.1, 0.15) is 0 Å². The zero-order valence-corrected chi connectivity index (χ0v) is 10.0. The molecule has 0 heterocycles. The lowest BCUT2D eigenvalue weighted by molar-refractivity contribution is 0.613. The number of nitrogens with two attached hydrogens (primary N) is 1. The number of hydrogen-bond donors (Lipinski definition) is 2. The summed E-state index contributed by atoms with van der Waals surface area (Å²) in [6.07, 6.45) is 0. The van der Waals surface area contributed by atoms with Gasteiger partial charge in [-0.2, -0.15) is 0 Å². The van der Waals surface area contributed by atoms with Crippen molar-refractivity contribution in [1.82, 2.24) is 4.90 Å². The second-order valence-electron chi connectivity index (χ2n) is 3.34. The lowest BCUT2D eigenvalue weighted by Gasteiger charge is -2.10. The van der Waals surface area contributed by atoms with Crippen molar-refractivity contribution in [1.29, 1.82) is 0 Å². The van der Waals surface area contributed by atoms with E-state index < -0.39 is 0 Å². The number of hydrazone groups is 1. The van der Waals surface area contributed by atoms with Gasteiger partial charge in [-0.1, -0.05) is 17.7 Å². The third-order valence-corrected chi connectivity index (χ3v) is 1.81. The first kappa shape index (κ1) is 13.6. The van der Waals surface area contributed by atoms with Crippen LogP contribution in [0.25, 0.3) is 0 Å². The van der Waals surface area contributed by atoms with E-state index in [9.17, 15) is 0 Å². The third kappa shape index (κ3) is 4.56. The molecule has 0 atom stereocenters. The first-order valence-electron chi connectivity index (χ1n) is 4.43. The average molecular weight is 229 g/mol. The summed E-state index contributed by atoms with van der Waals surface area (Å²) in [4.78, 5) is 1.74. The predicted octanol–water partition coefficient (Wildman–Crippen LogP) is 1.62. The van der Waals surface area contributed by atoms with Crippen molar-refractivity contribution in [3.8, 4) is 0 Å². The van der Waals surface area contributed by atoms with Crippen LogP contribution in [0.5, 0.6) is 0 Å². The maximum absolute atomic E-state index is 5.61. The van der Waals surface area contributed by atoms with Gasteiger partial charge in [-0.05, 0) is 19.1 Å². The van der Waals surface area contributed by atoms with Gasteiger partial charge in [0.2, 0.25) is 5.96 Å². The van der Waals surface area contributed by atoms with E-state index in [4.69, 9.17) is 5.73 Å². The van der Waals surface area contributed by atoms with Crippen LogP contribution >= 0.6 is 12.4 Å². The van der Waals surface area contributed by atoms with Crippen molar-refractivity contribution in [2.75, 3.05) is 19.5 Å². The highest BCUT2D eigenvalue weighted by Crippen LogP contribution is 2.07. The van der Waals surface area contributed by atoms with E-state index in [0.717, 1.165) is 5.69 Å². The van der Waals surface area contributed by atoms with Crippen molar-refractivity contribution in [2.45, 2.75) is 6.92 Å². The van der Waals surface area contributed by atoms with Crippen LogP contribution < -0.4 is 11.2 Å². The summed E-state index contributed by atoms with van der Waals surface area (Å²) in [5.74, 6) is 0.450.